The predicted octanol–water partition coefficient (Wildman–Crippen LogP) is 1.36. The monoisotopic (exact) mass is 241 g/mol. The lowest BCUT2D eigenvalue weighted by Gasteiger charge is -2.09. The number of rotatable bonds is 5. The fourth-order valence-corrected chi connectivity index (χ4v) is 1.36. The lowest BCUT2D eigenvalue weighted by atomic mass is 10.2. The first-order valence-corrected chi connectivity index (χ1v) is 5.47. The second kappa shape index (κ2) is 6.27. The Bertz CT molecular complexity index is 368. The molecule has 0 aromatic heterocycles. The van der Waals surface area contributed by atoms with Crippen molar-refractivity contribution in [1.82, 2.24) is 5.32 Å². The van der Waals surface area contributed by atoms with Crippen LogP contribution in [0.4, 0.5) is 0 Å². The quantitative estimate of drug-likeness (QED) is 0.765. The van der Waals surface area contributed by atoms with Crippen LogP contribution in [0.3, 0.4) is 0 Å². The van der Waals surface area contributed by atoms with E-state index in [1.807, 2.05) is 0 Å². The lowest BCUT2D eigenvalue weighted by molar-refractivity contribution is 0.0956. The molecule has 1 amide bonds. The van der Waals surface area contributed by atoms with Gasteiger partial charge in [0.1, 0.15) is 0 Å². The van der Waals surface area contributed by atoms with Crippen LogP contribution in [-0.2, 0) is 0 Å². The number of carbonyl (C=O) groups excluding carboxylic acids is 1. The van der Waals surface area contributed by atoms with Crippen LogP contribution in [0.25, 0.3) is 0 Å². The fourth-order valence-electron chi connectivity index (χ4n) is 1.25. The van der Waals surface area contributed by atoms with Crippen LogP contribution in [0.2, 0.25) is 0 Å². The smallest absolute Gasteiger partial charge is 0.251 e. The summed E-state index contributed by atoms with van der Waals surface area (Å²) in [5.74, 6) is 1.61. The molecule has 4 nitrogen and oxygen atoms in total. The van der Waals surface area contributed by atoms with E-state index in [1.54, 1.807) is 25.3 Å². The number of hydrogen-bond donors (Lipinski definition) is 2. The van der Waals surface area contributed by atoms with Gasteiger partial charge in [-0.1, -0.05) is 0 Å². The highest BCUT2D eigenvalue weighted by Crippen LogP contribution is 2.27. The summed E-state index contributed by atoms with van der Waals surface area (Å²) in [7, 11) is 3.09. The van der Waals surface area contributed by atoms with Gasteiger partial charge in [0.2, 0.25) is 0 Å². The van der Waals surface area contributed by atoms with Gasteiger partial charge in [-0.25, -0.2) is 0 Å². The molecule has 5 heteroatoms. The van der Waals surface area contributed by atoms with Gasteiger partial charge in [-0.05, 0) is 18.2 Å². The molecule has 0 saturated heterocycles. The van der Waals surface area contributed by atoms with E-state index in [-0.39, 0.29) is 5.91 Å². The van der Waals surface area contributed by atoms with Crippen molar-refractivity contribution in [2.45, 2.75) is 0 Å². The van der Waals surface area contributed by atoms with Crippen LogP contribution >= 0.6 is 12.6 Å². The maximum atomic E-state index is 11.6. The Balaban J connectivity index is 2.85. The molecule has 0 bridgehead atoms. The topological polar surface area (TPSA) is 47.6 Å². The van der Waals surface area contributed by atoms with Gasteiger partial charge in [0, 0.05) is 17.9 Å². The van der Waals surface area contributed by atoms with E-state index in [9.17, 15) is 4.79 Å². The molecule has 0 aliphatic rings. The van der Waals surface area contributed by atoms with Crippen molar-refractivity contribution < 1.29 is 14.3 Å². The molecule has 1 N–H and O–H groups in total. The molecule has 1 aromatic rings. The van der Waals surface area contributed by atoms with Crippen LogP contribution in [0.1, 0.15) is 10.4 Å². The van der Waals surface area contributed by atoms with E-state index in [4.69, 9.17) is 9.47 Å². The summed E-state index contributed by atoms with van der Waals surface area (Å²) < 4.78 is 10.2. The highest BCUT2D eigenvalue weighted by atomic mass is 32.1. The van der Waals surface area contributed by atoms with Crippen LogP contribution in [0, 0.1) is 0 Å². The van der Waals surface area contributed by atoms with Gasteiger partial charge in [0.25, 0.3) is 5.91 Å². The number of benzene rings is 1. The van der Waals surface area contributed by atoms with Crippen molar-refractivity contribution >= 4 is 18.5 Å². The van der Waals surface area contributed by atoms with Gasteiger partial charge in [-0.15, -0.1) is 0 Å². The fraction of sp³-hybridized carbons (Fsp3) is 0.364. The third-order valence-electron chi connectivity index (χ3n) is 2.04. The molecule has 0 saturated carbocycles. The summed E-state index contributed by atoms with van der Waals surface area (Å²) in [6.45, 7) is 0.538. The molecule has 1 aromatic carbocycles. The van der Waals surface area contributed by atoms with Crippen LogP contribution in [-0.4, -0.2) is 32.4 Å². The summed E-state index contributed by atoms with van der Waals surface area (Å²) in [4.78, 5) is 11.6. The Morgan fingerprint density at radius 1 is 1.31 bits per heavy atom. The van der Waals surface area contributed by atoms with Crippen LogP contribution < -0.4 is 14.8 Å². The Kier molecular flexibility index (Phi) is 4.98. The number of ether oxygens (including phenoxy) is 2. The lowest BCUT2D eigenvalue weighted by Crippen LogP contribution is -2.25. The van der Waals surface area contributed by atoms with E-state index >= 15 is 0 Å². The van der Waals surface area contributed by atoms with E-state index in [0.717, 1.165) is 0 Å². The SMILES string of the molecule is COc1ccc(C(=O)NCCS)cc1OC. The molecule has 16 heavy (non-hydrogen) atoms. The zero-order chi connectivity index (χ0) is 12.0. The van der Waals surface area contributed by atoms with Crippen molar-refractivity contribution in [2.75, 3.05) is 26.5 Å². The Hall–Kier alpha value is -1.36. The van der Waals surface area contributed by atoms with E-state index in [1.165, 1.54) is 7.11 Å². The minimum atomic E-state index is -0.144. The second-order valence-corrected chi connectivity index (χ2v) is 3.50. The van der Waals surface area contributed by atoms with Crippen molar-refractivity contribution in [3.05, 3.63) is 23.8 Å². The van der Waals surface area contributed by atoms with E-state index < -0.39 is 0 Å². The van der Waals surface area contributed by atoms with Gasteiger partial charge < -0.3 is 14.8 Å². The Morgan fingerprint density at radius 3 is 2.56 bits per heavy atom. The molecular weight excluding hydrogens is 226 g/mol. The van der Waals surface area contributed by atoms with Crippen molar-refractivity contribution in [1.29, 1.82) is 0 Å². The zero-order valence-corrected chi connectivity index (χ0v) is 10.2. The number of amides is 1. The van der Waals surface area contributed by atoms with Gasteiger partial charge in [-0.3, -0.25) is 4.79 Å². The molecule has 0 heterocycles. The van der Waals surface area contributed by atoms with Gasteiger partial charge >= 0.3 is 0 Å². The van der Waals surface area contributed by atoms with Gasteiger partial charge in [-0.2, -0.15) is 12.6 Å². The predicted molar refractivity (Wildman–Crippen MR) is 65.7 cm³/mol. The molecule has 0 unspecified atom stereocenters. The molecular formula is C11H15NO3S. The second-order valence-electron chi connectivity index (χ2n) is 3.05. The first-order valence-electron chi connectivity index (χ1n) is 4.84. The first-order chi connectivity index (χ1) is 7.72. The Morgan fingerprint density at radius 2 is 2.00 bits per heavy atom. The van der Waals surface area contributed by atoms with Crippen molar-refractivity contribution in [3.8, 4) is 11.5 Å². The molecule has 0 fully saturated rings. The van der Waals surface area contributed by atoms with Crippen molar-refractivity contribution in [3.63, 3.8) is 0 Å². The van der Waals surface area contributed by atoms with Crippen LogP contribution in [0.5, 0.6) is 11.5 Å². The summed E-state index contributed by atoms with van der Waals surface area (Å²) in [5, 5.41) is 2.73. The van der Waals surface area contributed by atoms with E-state index in [0.29, 0.717) is 29.4 Å². The molecule has 0 aliphatic heterocycles. The minimum absolute atomic E-state index is 0.144. The normalized spacial score (nSPS) is 9.69. The molecule has 0 spiro atoms. The average Bonchev–Trinajstić information content (AvgIpc) is 2.34. The summed E-state index contributed by atoms with van der Waals surface area (Å²) in [6.07, 6.45) is 0. The first kappa shape index (κ1) is 12.7. The molecule has 0 aliphatic carbocycles. The highest BCUT2D eigenvalue weighted by molar-refractivity contribution is 7.80. The highest BCUT2D eigenvalue weighted by Gasteiger charge is 2.09. The third-order valence-corrected chi connectivity index (χ3v) is 2.27. The number of nitrogens with one attached hydrogen (secondary N) is 1. The molecule has 1 rings (SSSR count). The standard InChI is InChI=1S/C11H15NO3S/c1-14-9-4-3-8(7-10(9)15-2)11(13)12-5-6-16/h3-4,7,16H,5-6H2,1-2H3,(H,12,13). The maximum absolute atomic E-state index is 11.6. The summed E-state index contributed by atoms with van der Waals surface area (Å²) in [6, 6.07) is 5.04. The van der Waals surface area contributed by atoms with Crippen LogP contribution in [0.15, 0.2) is 18.2 Å². The average molecular weight is 241 g/mol. The Labute approximate surface area is 100 Å². The number of thiol groups is 1. The number of hydrogen-bond acceptors (Lipinski definition) is 4. The van der Waals surface area contributed by atoms with E-state index in [2.05, 4.69) is 17.9 Å². The summed E-state index contributed by atoms with van der Waals surface area (Å²) in [5.41, 5.74) is 0.541. The van der Waals surface area contributed by atoms with Gasteiger partial charge in [0.15, 0.2) is 11.5 Å². The largest absolute Gasteiger partial charge is 0.493 e. The maximum Gasteiger partial charge on any atom is 0.251 e. The summed E-state index contributed by atoms with van der Waals surface area (Å²) >= 11 is 4.02. The molecule has 0 atom stereocenters. The third kappa shape index (κ3) is 3.06. The molecule has 88 valence electrons. The number of methoxy groups -OCH3 is 2. The molecule has 0 radical (unpaired) electrons. The number of carbonyl (C=O) groups is 1. The zero-order valence-electron chi connectivity index (χ0n) is 9.32. The van der Waals surface area contributed by atoms with Gasteiger partial charge in [0.05, 0.1) is 14.2 Å². The minimum Gasteiger partial charge on any atom is -0.493 e. The van der Waals surface area contributed by atoms with Crippen molar-refractivity contribution in [2.24, 2.45) is 0 Å².